The highest BCUT2D eigenvalue weighted by Crippen LogP contribution is 2.29. The van der Waals surface area contributed by atoms with Gasteiger partial charge in [0.25, 0.3) is 0 Å². The molecule has 1 N–H and O–H groups in total. The fourth-order valence-electron chi connectivity index (χ4n) is 5.39. The third kappa shape index (κ3) is 5.34. The van der Waals surface area contributed by atoms with Gasteiger partial charge < -0.3 is 19.5 Å². The van der Waals surface area contributed by atoms with Crippen molar-refractivity contribution in [2.45, 2.75) is 20.3 Å². The van der Waals surface area contributed by atoms with Gasteiger partial charge in [-0.1, -0.05) is 36.4 Å². The summed E-state index contributed by atoms with van der Waals surface area (Å²) >= 11 is 0. The number of amides is 1. The summed E-state index contributed by atoms with van der Waals surface area (Å²) in [5, 5.41) is 3.10. The van der Waals surface area contributed by atoms with Crippen molar-refractivity contribution in [2.75, 3.05) is 41.3 Å². The number of nitrogens with zero attached hydrogens (tertiary/aromatic N) is 5. The number of carbonyl (C=O) groups is 1. The lowest BCUT2D eigenvalue weighted by Gasteiger charge is -2.37. The Morgan fingerprint density at radius 2 is 1.54 bits per heavy atom. The highest BCUT2D eigenvalue weighted by molar-refractivity contribution is 5.94. The van der Waals surface area contributed by atoms with Crippen LogP contribution in [0.25, 0.3) is 16.6 Å². The van der Waals surface area contributed by atoms with E-state index in [0.717, 1.165) is 77.2 Å². The van der Waals surface area contributed by atoms with Gasteiger partial charge in [0, 0.05) is 72.3 Å². The van der Waals surface area contributed by atoms with E-state index in [9.17, 15) is 4.79 Å². The number of nitrogens with one attached hydrogen (secondary N) is 1. The molecule has 0 unspecified atom stereocenters. The van der Waals surface area contributed by atoms with Gasteiger partial charge in [-0.2, -0.15) is 0 Å². The van der Waals surface area contributed by atoms with Crippen molar-refractivity contribution in [3.05, 3.63) is 108 Å². The van der Waals surface area contributed by atoms with E-state index in [1.807, 2.05) is 62.5 Å². The maximum Gasteiger partial charge on any atom is 0.230 e. The molecule has 1 aliphatic heterocycles. The lowest BCUT2D eigenvalue weighted by Crippen LogP contribution is -2.46. The first-order chi connectivity index (χ1) is 19.0. The lowest BCUT2D eigenvalue weighted by molar-refractivity contribution is -0.115. The van der Waals surface area contributed by atoms with Crippen molar-refractivity contribution in [2.24, 2.45) is 0 Å². The Bertz CT molecular complexity index is 1580. The number of piperazine rings is 1. The summed E-state index contributed by atoms with van der Waals surface area (Å²) in [4.78, 5) is 26.9. The molecule has 39 heavy (non-hydrogen) atoms. The van der Waals surface area contributed by atoms with Gasteiger partial charge in [0.1, 0.15) is 11.6 Å². The van der Waals surface area contributed by atoms with Crippen LogP contribution in [-0.2, 0) is 11.2 Å². The molecule has 3 aromatic heterocycles. The number of rotatable bonds is 6. The van der Waals surface area contributed by atoms with Gasteiger partial charge in [-0.05, 0) is 61.9 Å². The Morgan fingerprint density at radius 1 is 0.821 bits per heavy atom. The lowest BCUT2D eigenvalue weighted by atomic mass is 10.0. The number of aromatic nitrogens is 3. The molecule has 1 aliphatic rings. The number of carbonyl (C=O) groups excluding carboxylic acids is 1. The zero-order chi connectivity index (χ0) is 26.8. The van der Waals surface area contributed by atoms with Crippen LogP contribution in [0.1, 0.15) is 17.2 Å². The number of anilines is 3. The minimum absolute atomic E-state index is 0.0344. The maximum atomic E-state index is 13.2. The van der Waals surface area contributed by atoms with Crippen molar-refractivity contribution < 1.29 is 4.79 Å². The molecule has 0 aliphatic carbocycles. The summed E-state index contributed by atoms with van der Waals surface area (Å²) in [5.74, 6) is 1.78. The fraction of sp³-hybridized carbons (Fsp3) is 0.219. The van der Waals surface area contributed by atoms with E-state index >= 15 is 0 Å². The number of aryl methyl sites for hydroxylation is 2. The largest absolute Gasteiger partial charge is 0.368 e. The van der Waals surface area contributed by atoms with Crippen LogP contribution in [0.3, 0.4) is 0 Å². The molecule has 1 fully saturated rings. The number of pyridine rings is 1. The van der Waals surface area contributed by atoms with Gasteiger partial charge in [-0.15, -0.1) is 0 Å². The average molecular weight is 517 g/mol. The molecule has 0 saturated carbocycles. The van der Waals surface area contributed by atoms with Crippen LogP contribution in [0.2, 0.25) is 0 Å². The quantitative estimate of drug-likeness (QED) is 0.322. The third-order valence-electron chi connectivity index (χ3n) is 7.27. The predicted octanol–water partition coefficient (Wildman–Crippen LogP) is 5.52. The number of benzene rings is 2. The van der Waals surface area contributed by atoms with Crippen LogP contribution in [0.5, 0.6) is 0 Å². The number of fused-ring (bicyclic) bond motifs is 1. The summed E-state index contributed by atoms with van der Waals surface area (Å²) in [6.45, 7) is 7.59. The molecule has 2 aromatic carbocycles. The Labute approximate surface area is 228 Å². The van der Waals surface area contributed by atoms with Gasteiger partial charge >= 0.3 is 0 Å². The predicted molar refractivity (Wildman–Crippen MR) is 158 cm³/mol. The smallest absolute Gasteiger partial charge is 0.230 e. The molecule has 1 amide bonds. The fourth-order valence-corrected chi connectivity index (χ4v) is 5.39. The Kier molecular flexibility index (Phi) is 6.71. The summed E-state index contributed by atoms with van der Waals surface area (Å²) in [6, 6.07) is 28.7. The molecule has 0 spiro atoms. The van der Waals surface area contributed by atoms with Gasteiger partial charge in [0.15, 0.2) is 0 Å². The highest BCUT2D eigenvalue weighted by Gasteiger charge is 2.20. The van der Waals surface area contributed by atoms with Gasteiger partial charge in [-0.3, -0.25) is 4.79 Å². The molecule has 1 saturated heterocycles. The molecule has 0 bridgehead atoms. The standard InChI is InChI=1S/C32H32N6O/c1-23-20-31(34-24(2)33-23)37-18-16-36(17-19-37)27-13-11-26(12-14-27)35-32(39)22-30-29(25-8-4-3-5-9-25)21-28-10-6-7-15-38(28)30/h3-15,20-21H,16-19,22H2,1-2H3,(H,35,39). The monoisotopic (exact) mass is 516 g/mol. The van der Waals surface area contributed by atoms with Crippen molar-refractivity contribution in [3.8, 4) is 11.1 Å². The molecule has 196 valence electrons. The van der Waals surface area contributed by atoms with Gasteiger partial charge in [0.2, 0.25) is 5.91 Å². The summed E-state index contributed by atoms with van der Waals surface area (Å²) in [7, 11) is 0. The average Bonchev–Trinajstić information content (AvgIpc) is 3.32. The highest BCUT2D eigenvalue weighted by atomic mass is 16.1. The summed E-state index contributed by atoms with van der Waals surface area (Å²) in [5.41, 5.74) is 7.21. The summed E-state index contributed by atoms with van der Waals surface area (Å²) < 4.78 is 2.11. The second-order valence-corrected chi connectivity index (χ2v) is 10.0. The molecule has 0 atom stereocenters. The van der Waals surface area contributed by atoms with Crippen molar-refractivity contribution in [1.29, 1.82) is 0 Å². The minimum Gasteiger partial charge on any atom is -0.368 e. The minimum atomic E-state index is -0.0344. The normalized spacial score (nSPS) is 13.6. The van der Waals surface area contributed by atoms with Crippen molar-refractivity contribution >= 4 is 28.6 Å². The van der Waals surface area contributed by atoms with E-state index in [1.165, 1.54) is 0 Å². The van der Waals surface area contributed by atoms with Crippen LogP contribution in [-0.4, -0.2) is 46.5 Å². The SMILES string of the molecule is Cc1cc(N2CCN(c3ccc(NC(=O)Cc4c(-c5ccccc5)cc5ccccn45)cc3)CC2)nc(C)n1. The van der Waals surface area contributed by atoms with E-state index in [0.29, 0.717) is 0 Å². The molecular weight excluding hydrogens is 484 g/mol. The topological polar surface area (TPSA) is 65.8 Å². The Morgan fingerprint density at radius 3 is 2.28 bits per heavy atom. The van der Waals surface area contributed by atoms with Crippen LogP contribution < -0.4 is 15.1 Å². The zero-order valence-corrected chi connectivity index (χ0v) is 22.3. The third-order valence-corrected chi connectivity index (χ3v) is 7.27. The van der Waals surface area contributed by atoms with Crippen LogP contribution in [0, 0.1) is 13.8 Å². The van der Waals surface area contributed by atoms with Crippen LogP contribution in [0.4, 0.5) is 17.2 Å². The zero-order valence-electron chi connectivity index (χ0n) is 22.3. The van der Waals surface area contributed by atoms with E-state index in [-0.39, 0.29) is 12.3 Å². The van der Waals surface area contributed by atoms with Crippen molar-refractivity contribution in [3.63, 3.8) is 0 Å². The number of hydrogen-bond acceptors (Lipinski definition) is 5. The van der Waals surface area contributed by atoms with Crippen molar-refractivity contribution in [1.82, 2.24) is 14.4 Å². The second-order valence-electron chi connectivity index (χ2n) is 10.0. The van der Waals surface area contributed by atoms with E-state index in [4.69, 9.17) is 0 Å². The molecule has 4 heterocycles. The summed E-state index contributed by atoms with van der Waals surface area (Å²) in [6.07, 6.45) is 2.31. The van der Waals surface area contributed by atoms with Gasteiger partial charge in [-0.25, -0.2) is 9.97 Å². The van der Waals surface area contributed by atoms with E-state index in [2.05, 4.69) is 71.9 Å². The first kappa shape index (κ1) is 24.7. The van der Waals surface area contributed by atoms with E-state index in [1.54, 1.807) is 0 Å². The molecule has 0 radical (unpaired) electrons. The first-order valence-corrected chi connectivity index (χ1v) is 13.4. The van der Waals surface area contributed by atoms with Crippen LogP contribution in [0.15, 0.2) is 91.1 Å². The molecule has 5 aromatic rings. The van der Waals surface area contributed by atoms with Gasteiger partial charge in [0.05, 0.1) is 6.42 Å². The second kappa shape index (κ2) is 10.6. The Balaban J connectivity index is 1.11. The first-order valence-electron chi connectivity index (χ1n) is 13.4. The van der Waals surface area contributed by atoms with E-state index < -0.39 is 0 Å². The molecular formula is C32H32N6O. The number of hydrogen-bond donors (Lipinski definition) is 1. The maximum absolute atomic E-state index is 13.2. The molecule has 7 heteroatoms. The van der Waals surface area contributed by atoms with Crippen LogP contribution >= 0.6 is 0 Å². The molecule has 6 rings (SSSR count). The molecule has 7 nitrogen and oxygen atoms in total. The Hall–Kier alpha value is -4.65.